The van der Waals surface area contributed by atoms with Gasteiger partial charge in [-0.2, -0.15) is 0 Å². The van der Waals surface area contributed by atoms with Gasteiger partial charge in [0.1, 0.15) is 5.60 Å². The first-order valence-corrected chi connectivity index (χ1v) is 6.63. The molecule has 0 saturated carbocycles. The number of nitrogens with two attached hydrogens (primary N) is 1. The Hall–Kier alpha value is -2.04. The Labute approximate surface area is 119 Å². The van der Waals surface area contributed by atoms with Gasteiger partial charge in [-0.1, -0.05) is 12.1 Å². The van der Waals surface area contributed by atoms with E-state index < -0.39 is 11.7 Å². The Morgan fingerprint density at radius 2 is 1.80 bits per heavy atom. The first kappa shape index (κ1) is 16.0. The van der Waals surface area contributed by atoms with Crippen LogP contribution in [0, 0.1) is 0 Å². The average molecular weight is 278 g/mol. The lowest BCUT2D eigenvalue weighted by Gasteiger charge is -2.19. The van der Waals surface area contributed by atoms with Gasteiger partial charge in [0.15, 0.2) is 0 Å². The summed E-state index contributed by atoms with van der Waals surface area (Å²) in [6.45, 7) is 5.44. The molecule has 1 aromatic rings. The average Bonchev–Trinajstić information content (AvgIpc) is 2.28. The third-order valence-electron chi connectivity index (χ3n) is 2.49. The predicted molar refractivity (Wildman–Crippen MR) is 78.4 cm³/mol. The van der Waals surface area contributed by atoms with E-state index in [2.05, 4.69) is 5.32 Å². The van der Waals surface area contributed by atoms with Crippen LogP contribution in [0.3, 0.4) is 0 Å². The molecule has 0 heterocycles. The number of ether oxygens (including phenoxy) is 1. The number of rotatable bonds is 5. The van der Waals surface area contributed by atoms with Crippen LogP contribution in [0.4, 0.5) is 10.5 Å². The third kappa shape index (κ3) is 6.78. The third-order valence-corrected chi connectivity index (χ3v) is 2.49. The van der Waals surface area contributed by atoms with Gasteiger partial charge in [0.25, 0.3) is 0 Å². The zero-order chi connectivity index (χ0) is 15.2. The Kier molecular flexibility index (Phi) is 5.55. The summed E-state index contributed by atoms with van der Waals surface area (Å²) in [5.74, 6) is -0.284. The molecular weight excluding hydrogens is 256 g/mol. The molecule has 0 fully saturated rings. The summed E-state index contributed by atoms with van der Waals surface area (Å²) >= 11 is 0. The number of amides is 2. The Bertz CT molecular complexity index is 461. The van der Waals surface area contributed by atoms with Crippen molar-refractivity contribution in [3.05, 3.63) is 29.8 Å². The van der Waals surface area contributed by atoms with Gasteiger partial charge in [-0.05, 0) is 51.3 Å². The molecule has 5 heteroatoms. The second-order valence-corrected chi connectivity index (χ2v) is 5.64. The van der Waals surface area contributed by atoms with Gasteiger partial charge in [-0.15, -0.1) is 0 Å². The molecule has 3 N–H and O–H groups in total. The zero-order valence-electron chi connectivity index (χ0n) is 12.2. The van der Waals surface area contributed by atoms with E-state index in [1.165, 1.54) is 0 Å². The molecule has 20 heavy (non-hydrogen) atoms. The number of anilines is 1. The summed E-state index contributed by atoms with van der Waals surface area (Å²) in [6, 6.07) is 7.44. The van der Waals surface area contributed by atoms with Crippen molar-refractivity contribution in [2.75, 3.05) is 5.32 Å². The largest absolute Gasteiger partial charge is 0.444 e. The van der Waals surface area contributed by atoms with E-state index in [0.717, 1.165) is 18.4 Å². The predicted octanol–water partition coefficient (Wildman–Crippen LogP) is 2.84. The van der Waals surface area contributed by atoms with Gasteiger partial charge < -0.3 is 10.5 Å². The van der Waals surface area contributed by atoms with Gasteiger partial charge in [-0.25, -0.2) is 4.79 Å². The molecule has 0 unspecified atom stereocenters. The number of hydrogen-bond acceptors (Lipinski definition) is 3. The molecule has 110 valence electrons. The van der Waals surface area contributed by atoms with Crippen LogP contribution >= 0.6 is 0 Å². The zero-order valence-corrected chi connectivity index (χ0v) is 12.2. The molecule has 0 aromatic heterocycles. The monoisotopic (exact) mass is 278 g/mol. The summed E-state index contributed by atoms with van der Waals surface area (Å²) in [6.07, 6.45) is 1.43. The quantitative estimate of drug-likeness (QED) is 0.869. The Morgan fingerprint density at radius 3 is 2.30 bits per heavy atom. The number of nitrogens with one attached hydrogen (secondary N) is 1. The molecule has 0 atom stereocenters. The van der Waals surface area contributed by atoms with Crippen molar-refractivity contribution in [1.82, 2.24) is 0 Å². The van der Waals surface area contributed by atoms with Gasteiger partial charge in [-0.3, -0.25) is 10.1 Å². The first-order valence-electron chi connectivity index (χ1n) is 6.63. The topological polar surface area (TPSA) is 81.4 Å². The highest BCUT2D eigenvalue weighted by molar-refractivity contribution is 5.84. The summed E-state index contributed by atoms with van der Waals surface area (Å²) in [4.78, 5) is 22.2. The summed E-state index contributed by atoms with van der Waals surface area (Å²) in [5, 5.41) is 2.66. The van der Waals surface area contributed by atoms with E-state index in [0.29, 0.717) is 12.1 Å². The standard InChI is InChI=1S/C15H22N2O3/c1-15(2,3)20-14(19)17-12-9-7-11(8-10-12)5-4-6-13(16)18/h7-10H,4-6H2,1-3H3,(H2,16,18)(H,17,19). The SMILES string of the molecule is CC(C)(C)OC(=O)Nc1ccc(CCCC(N)=O)cc1. The normalized spacial score (nSPS) is 10.9. The molecule has 0 aliphatic rings. The molecular formula is C15H22N2O3. The minimum atomic E-state index is -0.515. The second-order valence-electron chi connectivity index (χ2n) is 5.64. The maximum absolute atomic E-state index is 11.6. The van der Waals surface area contributed by atoms with Crippen molar-refractivity contribution in [2.24, 2.45) is 5.73 Å². The minimum absolute atomic E-state index is 0.284. The molecule has 0 radical (unpaired) electrons. The molecule has 0 aliphatic carbocycles. The van der Waals surface area contributed by atoms with Crippen LogP contribution < -0.4 is 11.1 Å². The van der Waals surface area contributed by atoms with Crippen molar-refractivity contribution in [2.45, 2.75) is 45.6 Å². The van der Waals surface area contributed by atoms with Crippen LogP contribution in [0.25, 0.3) is 0 Å². The highest BCUT2D eigenvalue weighted by Gasteiger charge is 2.15. The number of carbonyl (C=O) groups is 2. The smallest absolute Gasteiger partial charge is 0.412 e. The molecule has 1 aromatic carbocycles. The van der Waals surface area contributed by atoms with Gasteiger partial charge in [0.05, 0.1) is 0 Å². The number of aryl methyl sites for hydroxylation is 1. The second kappa shape index (κ2) is 6.93. The van der Waals surface area contributed by atoms with E-state index in [-0.39, 0.29) is 5.91 Å². The van der Waals surface area contributed by atoms with Crippen molar-refractivity contribution in [1.29, 1.82) is 0 Å². The lowest BCUT2D eigenvalue weighted by atomic mass is 10.1. The van der Waals surface area contributed by atoms with Crippen molar-refractivity contribution < 1.29 is 14.3 Å². The summed E-state index contributed by atoms with van der Waals surface area (Å²) in [7, 11) is 0. The van der Waals surface area contributed by atoms with Gasteiger partial charge in [0.2, 0.25) is 5.91 Å². The van der Waals surface area contributed by atoms with E-state index >= 15 is 0 Å². The van der Waals surface area contributed by atoms with Gasteiger partial charge in [0, 0.05) is 12.1 Å². The Morgan fingerprint density at radius 1 is 1.20 bits per heavy atom. The fraction of sp³-hybridized carbons (Fsp3) is 0.467. The molecule has 0 saturated heterocycles. The lowest BCUT2D eigenvalue weighted by Crippen LogP contribution is -2.27. The highest BCUT2D eigenvalue weighted by atomic mass is 16.6. The fourth-order valence-corrected chi connectivity index (χ4v) is 1.64. The minimum Gasteiger partial charge on any atom is -0.444 e. The molecule has 1 rings (SSSR count). The van der Waals surface area contributed by atoms with Crippen LogP contribution in [0.1, 0.15) is 39.2 Å². The van der Waals surface area contributed by atoms with Crippen LogP contribution in [-0.4, -0.2) is 17.6 Å². The van der Waals surface area contributed by atoms with Crippen LogP contribution in [0.15, 0.2) is 24.3 Å². The molecule has 5 nitrogen and oxygen atoms in total. The molecule has 0 spiro atoms. The van der Waals surface area contributed by atoms with E-state index in [1.807, 2.05) is 45.0 Å². The molecule has 2 amide bonds. The van der Waals surface area contributed by atoms with Gasteiger partial charge >= 0.3 is 6.09 Å². The Balaban J connectivity index is 2.46. The number of hydrogen-bond donors (Lipinski definition) is 2. The maximum Gasteiger partial charge on any atom is 0.412 e. The van der Waals surface area contributed by atoms with E-state index in [4.69, 9.17) is 10.5 Å². The van der Waals surface area contributed by atoms with E-state index in [9.17, 15) is 9.59 Å². The van der Waals surface area contributed by atoms with Crippen molar-refractivity contribution in [3.63, 3.8) is 0 Å². The van der Waals surface area contributed by atoms with E-state index in [1.54, 1.807) is 0 Å². The summed E-state index contributed by atoms with van der Waals surface area (Å²) < 4.78 is 5.16. The van der Waals surface area contributed by atoms with Crippen molar-refractivity contribution >= 4 is 17.7 Å². The van der Waals surface area contributed by atoms with Crippen LogP contribution in [-0.2, 0) is 16.0 Å². The van der Waals surface area contributed by atoms with Crippen molar-refractivity contribution in [3.8, 4) is 0 Å². The van der Waals surface area contributed by atoms with Crippen LogP contribution in [0.5, 0.6) is 0 Å². The highest BCUT2D eigenvalue weighted by Crippen LogP contribution is 2.14. The van der Waals surface area contributed by atoms with Crippen LogP contribution in [0.2, 0.25) is 0 Å². The number of benzene rings is 1. The molecule has 0 bridgehead atoms. The number of carbonyl (C=O) groups excluding carboxylic acids is 2. The summed E-state index contributed by atoms with van der Waals surface area (Å²) in [5.41, 5.74) is 6.35. The molecule has 0 aliphatic heterocycles. The fourth-order valence-electron chi connectivity index (χ4n) is 1.64. The lowest BCUT2D eigenvalue weighted by molar-refractivity contribution is -0.118. The number of primary amides is 1. The first-order chi connectivity index (χ1) is 9.26. The maximum atomic E-state index is 11.6.